The van der Waals surface area contributed by atoms with Crippen LogP contribution in [0.1, 0.15) is 0 Å². The lowest BCUT2D eigenvalue weighted by atomic mass is 10.3. The molecular formula is C9H6Cl2N4S. The van der Waals surface area contributed by atoms with Gasteiger partial charge in [0.25, 0.3) is 0 Å². The van der Waals surface area contributed by atoms with Crippen molar-refractivity contribution in [2.45, 2.75) is 5.03 Å². The summed E-state index contributed by atoms with van der Waals surface area (Å²) in [6, 6.07) is 3.28. The molecule has 0 radical (unpaired) electrons. The lowest BCUT2D eigenvalue weighted by Gasteiger charge is -2.02. The number of thioether (sulfide) groups is 1. The molecule has 16 heavy (non-hydrogen) atoms. The highest BCUT2D eigenvalue weighted by Crippen LogP contribution is 2.27. The molecule has 0 atom stereocenters. The zero-order chi connectivity index (χ0) is 11.7. The van der Waals surface area contributed by atoms with Crippen molar-refractivity contribution >= 4 is 51.2 Å². The first kappa shape index (κ1) is 11.4. The standard InChI is InChI=1S/C9H6Cl2N4S/c10-4-1-6-7(2-5(4)11)15-8(3-14-6)16-9(12)13/h1-3H,(H3,12,13). The summed E-state index contributed by atoms with van der Waals surface area (Å²) < 4.78 is 0. The predicted octanol–water partition coefficient (Wildman–Crippen LogP) is 2.92. The SMILES string of the molecule is N=C(N)Sc1cnc2cc(Cl)c(Cl)cc2n1. The van der Waals surface area contributed by atoms with Crippen molar-refractivity contribution in [3.63, 3.8) is 0 Å². The lowest BCUT2D eigenvalue weighted by molar-refractivity contribution is 1.13. The Morgan fingerprint density at radius 3 is 2.50 bits per heavy atom. The summed E-state index contributed by atoms with van der Waals surface area (Å²) in [6.45, 7) is 0. The maximum atomic E-state index is 7.14. The van der Waals surface area contributed by atoms with Gasteiger partial charge < -0.3 is 5.73 Å². The highest BCUT2D eigenvalue weighted by Gasteiger charge is 2.05. The van der Waals surface area contributed by atoms with E-state index in [9.17, 15) is 0 Å². The minimum Gasteiger partial charge on any atom is -0.378 e. The average Bonchev–Trinajstić information content (AvgIpc) is 2.19. The number of nitrogens with one attached hydrogen (secondary N) is 1. The van der Waals surface area contributed by atoms with Gasteiger partial charge in [0.05, 0.1) is 27.3 Å². The fourth-order valence-corrected chi connectivity index (χ4v) is 1.94. The van der Waals surface area contributed by atoms with Crippen LogP contribution in [0.4, 0.5) is 0 Å². The molecule has 7 heteroatoms. The number of benzene rings is 1. The van der Waals surface area contributed by atoms with Gasteiger partial charge in [-0.15, -0.1) is 0 Å². The lowest BCUT2D eigenvalue weighted by Crippen LogP contribution is -2.03. The van der Waals surface area contributed by atoms with Crippen LogP contribution in [-0.4, -0.2) is 15.1 Å². The summed E-state index contributed by atoms with van der Waals surface area (Å²) in [7, 11) is 0. The highest BCUT2D eigenvalue weighted by atomic mass is 35.5. The van der Waals surface area contributed by atoms with Crippen LogP contribution in [0, 0.1) is 5.41 Å². The Hall–Kier alpha value is -1.04. The molecule has 1 heterocycles. The zero-order valence-electron chi connectivity index (χ0n) is 7.87. The molecule has 0 spiro atoms. The van der Waals surface area contributed by atoms with Crippen molar-refractivity contribution in [1.82, 2.24) is 9.97 Å². The van der Waals surface area contributed by atoms with Crippen LogP contribution in [0.3, 0.4) is 0 Å². The first-order valence-corrected chi connectivity index (χ1v) is 5.77. The smallest absolute Gasteiger partial charge is 0.157 e. The van der Waals surface area contributed by atoms with Crippen LogP contribution < -0.4 is 5.73 Å². The molecule has 0 aliphatic rings. The van der Waals surface area contributed by atoms with E-state index in [0.717, 1.165) is 11.8 Å². The second-order valence-electron chi connectivity index (χ2n) is 2.93. The van der Waals surface area contributed by atoms with Gasteiger partial charge in [0, 0.05) is 0 Å². The van der Waals surface area contributed by atoms with E-state index in [4.69, 9.17) is 34.3 Å². The van der Waals surface area contributed by atoms with Crippen molar-refractivity contribution in [2.24, 2.45) is 5.73 Å². The monoisotopic (exact) mass is 272 g/mol. The number of fused-ring (bicyclic) bond motifs is 1. The second kappa shape index (κ2) is 4.45. The molecule has 2 aromatic rings. The van der Waals surface area contributed by atoms with E-state index in [1.807, 2.05) is 0 Å². The van der Waals surface area contributed by atoms with E-state index in [1.165, 1.54) is 0 Å². The number of nitrogens with zero attached hydrogens (tertiary/aromatic N) is 2. The number of hydrogen-bond acceptors (Lipinski definition) is 4. The molecule has 0 unspecified atom stereocenters. The number of amidine groups is 1. The van der Waals surface area contributed by atoms with Crippen molar-refractivity contribution < 1.29 is 0 Å². The Kier molecular flexibility index (Phi) is 3.18. The largest absolute Gasteiger partial charge is 0.378 e. The average molecular weight is 273 g/mol. The third-order valence-electron chi connectivity index (χ3n) is 1.78. The van der Waals surface area contributed by atoms with Crippen LogP contribution >= 0.6 is 35.0 Å². The number of halogens is 2. The summed E-state index contributed by atoms with van der Waals surface area (Å²) in [6.07, 6.45) is 1.54. The Labute approximate surface area is 106 Å². The van der Waals surface area contributed by atoms with Crippen LogP contribution in [0.2, 0.25) is 10.0 Å². The van der Waals surface area contributed by atoms with Gasteiger partial charge in [-0.2, -0.15) is 0 Å². The van der Waals surface area contributed by atoms with Crippen LogP contribution in [0.5, 0.6) is 0 Å². The Morgan fingerprint density at radius 1 is 1.25 bits per heavy atom. The number of hydrogen-bond donors (Lipinski definition) is 2. The van der Waals surface area contributed by atoms with E-state index >= 15 is 0 Å². The zero-order valence-corrected chi connectivity index (χ0v) is 10.2. The molecule has 0 aliphatic carbocycles. The Balaban J connectivity index is 2.53. The predicted molar refractivity (Wildman–Crippen MR) is 67.3 cm³/mol. The van der Waals surface area contributed by atoms with Crippen molar-refractivity contribution in [1.29, 1.82) is 5.41 Å². The summed E-state index contributed by atoms with van der Waals surface area (Å²) in [5.41, 5.74) is 6.53. The van der Waals surface area contributed by atoms with E-state index in [-0.39, 0.29) is 5.17 Å². The molecular weight excluding hydrogens is 267 g/mol. The van der Waals surface area contributed by atoms with E-state index in [0.29, 0.717) is 26.1 Å². The molecule has 82 valence electrons. The highest BCUT2D eigenvalue weighted by molar-refractivity contribution is 8.13. The molecule has 3 N–H and O–H groups in total. The summed E-state index contributed by atoms with van der Waals surface area (Å²) in [4.78, 5) is 8.41. The first-order valence-electron chi connectivity index (χ1n) is 4.20. The van der Waals surface area contributed by atoms with Crippen molar-refractivity contribution in [2.75, 3.05) is 0 Å². The summed E-state index contributed by atoms with van der Waals surface area (Å²) in [5, 5.41) is 8.53. The van der Waals surface area contributed by atoms with Crippen LogP contribution in [0.25, 0.3) is 11.0 Å². The number of nitrogens with two attached hydrogens (primary N) is 1. The van der Waals surface area contributed by atoms with Gasteiger partial charge in [-0.05, 0) is 23.9 Å². The fourth-order valence-electron chi connectivity index (χ4n) is 1.15. The molecule has 0 amide bonds. The second-order valence-corrected chi connectivity index (χ2v) is 4.81. The van der Waals surface area contributed by atoms with Gasteiger partial charge in [0.15, 0.2) is 5.17 Å². The molecule has 1 aromatic heterocycles. The van der Waals surface area contributed by atoms with Crippen molar-refractivity contribution in [3.05, 3.63) is 28.4 Å². The summed E-state index contributed by atoms with van der Waals surface area (Å²) >= 11 is 12.8. The Bertz CT molecular complexity index is 573. The van der Waals surface area contributed by atoms with Gasteiger partial charge >= 0.3 is 0 Å². The minimum atomic E-state index is -0.0336. The third-order valence-corrected chi connectivity index (χ3v) is 3.12. The van der Waals surface area contributed by atoms with Gasteiger partial charge in [0.2, 0.25) is 0 Å². The molecule has 0 bridgehead atoms. The van der Waals surface area contributed by atoms with Crippen LogP contribution in [-0.2, 0) is 0 Å². The quantitative estimate of drug-likeness (QED) is 0.476. The van der Waals surface area contributed by atoms with E-state index in [1.54, 1.807) is 18.3 Å². The number of rotatable bonds is 1. The summed E-state index contributed by atoms with van der Waals surface area (Å²) in [5.74, 6) is 0. The van der Waals surface area contributed by atoms with Crippen LogP contribution in [0.15, 0.2) is 23.4 Å². The minimum absolute atomic E-state index is 0.0336. The topological polar surface area (TPSA) is 75.7 Å². The molecule has 0 aliphatic heterocycles. The van der Waals surface area contributed by atoms with E-state index in [2.05, 4.69) is 9.97 Å². The number of aromatic nitrogens is 2. The first-order chi connectivity index (χ1) is 7.56. The van der Waals surface area contributed by atoms with Gasteiger partial charge in [0.1, 0.15) is 5.03 Å². The molecule has 0 saturated heterocycles. The third kappa shape index (κ3) is 2.37. The maximum Gasteiger partial charge on any atom is 0.157 e. The van der Waals surface area contributed by atoms with Gasteiger partial charge in [-0.1, -0.05) is 23.2 Å². The van der Waals surface area contributed by atoms with Gasteiger partial charge in [-0.3, -0.25) is 10.4 Å². The maximum absolute atomic E-state index is 7.14. The molecule has 0 saturated carbocycles. The molecule has 1 aromatic carbocycles. The molecule has 2 rings (SSSR count). The van der Waals surface area contributed by atoms with Gasteiger partial charge in [-0.25, -0.2) is 4.98 Å². The molecule has 0 fully saturated rings. The molecule has 4 nitrogen and oxygen atoms in total. The Morgan fingerprint density at radius 2 is 1.88 bits per heavy atom. The fraction of sp³-hybridized carbons (Fsp3) is 0. The van der Waals surface area contributed by atoms with Crippen molar-refractivity contribution in [3.8, 4) is 0 Å². The van der Waals surface area contributed by atoms with E-state index < -0.39 is 0 Å². The normalized spacial score (nSPS) is 10.6.